The highest BCUT2D eigenvalue weighted by Gasteiger charge is 2.14. The average molecular weight is 314 g/mol. The van der Waals surface area contributed by atoms with E-state index in [2.05, 4.69) is 4.98 Å². The van der Waals surface area contributed by atoms with Crippen LogP contribution in [0.25, 0.3) is 43.8 Å². The lowest BCUT2D eigenvalue weighted by Crippen LogP contribution is -1.97. The Morgan fingerprint density at radius 3 is 2.46 bits per heavy atom. The molecule has 5 rings (SSSR count). The molecule has 0 spiro atoms. The molecule has 5 heteroatoms. The maximum absolute atomic E-state index is 11.2. The van der Waals surface area contributed by atoms with Crippen LogP contribution in [0.1, 0.15) is 10.4 Å². The SMILES string of the molecule is O=C(O)c1ccc2nc3c4ccccc4c4occc4c3nc2c1. The highest BCUT2D eigenvalue weighted by molar-refractivity contribution is 6.22. The number of carboxylic acid groups (broad SMARTS) is 1. The van der Waals surface area contributed by atoms with E-state index in [1.807, 2.05) is 30.3 Å². The van der Waals surface area contributed by atoms with E-state index < -0.39 is 5.97 Å². The topological polar surface area (TPSA) is 76.2 Å². The van der Waals surface area contributed by atoms with Gasteiger partial charge in [0.1, 0.15) is 11.1 Å². The summed E-state index contributed by atoms with van der Waals surface area (Å²) < 4.78 is 5.65. The molecule has 0 radical (unpaired) electrons. The van der Waals surface area contributed by atoms with E-state index in [1.165, 1.54) is 0 Å². The minimum atomic E-state index is -0.981. The van der Waals surface area contributed by atoms with Crippen LogP contribution in [0.15, 0.2) is 59.2 Å². The fourth-order valence-electron chi connectivity index (χ4n) is 3.15. The normalized spacial score (nSPS) is 11.7. The molecule has 0 aliphatic rings. The molecule has 0 unspecified atom stereocenters. The van der Waals surface area contributed by atoms with Crippen LogP contribution in [-0.2, 0) is 0 Å². The third-order valence-corrected chi connectivity index (χ3v) is 4.26. The fraction of sp³-hybridized carbons (Fsp3) is 0. The maximum atomic E-state index is 11.2. The summed E-state index contributed by atoms with van der Waals surface area (Å²) in [5.74, 6) is -0.981. The first-order valence-electron chi connectivity index (χ1n) is 7.45. The Morgan fingerprint density at radius 2 is 1.62 bits per heavy atom. The molecular formula is C19H10N2O3. The van der Waals surface area contributed by atoms with Crippen LogP contribution in [0, 0.1) is 0 Å². The van der Waals surface area contributed by atoms with Gasteiger partial charge in [-0.3, -0.25) is 0 Å². The van der Waals surface area contributed by atoms with Crippen LogP contribution in [-0.4, -0.2) is 21.0 Å². The van der Waals surface area contributed by atoms with Crippen molar-refractivity contribution in [2.45, 2.75) is 0 Å². The van der Waals surface area contributed by atoms with Crippen LogP contribution >= 0.6 is 0 Å². The zero-order chi connectivity index (χ0) is 16.3. The monoisotopic (exact) mass is 314 g/mol. The standard InChI is InChI=1S/C19H10N2O3/c22-19(23)10-5-6-14-15(9-10)21-17-13-7-8-24-18(13)12-4-2-1-3-11(12)16(17)20-14/h1-9H,(H,22,23). The number of aromatic nitrogens is 2. The summed E-state index contributed by atoms with van der Waals surface area (Å²) in [4.78, 5) is 20.6. The molecule has 0 fully saturated rings. The van der Waals surface area contributed by atoms with E-state index in [9.17, 15) is 9.90 Å². The molecule has 5 aromatic rings. The summed E-state index contributed by atoms with van der Waals surface area (Å²) in [6, 6.07) is 14.6. The molecule has 0 saturated heterocycles. The minimum Gasteiger partial charge on any atom is -0.478 e. The van der Waals surface area contributed by atoms with Gasteiger partial charge in [-0.15, -0.1) is 0 Å². The van der Waals surface area contributed by atoms with Crippen molar-refractivity contribution in [3.05, 3.63) is 60.4 Å². The molecular weight excluding hydrogens is 304 g/mol. The second-order valence-corrected chi connectivity index (χ2v) is 5.64. The van der Waals surface area contributed by atoms with Gasteiger partial charge in [0.2, 0.25) is 0 Å². The molecule has 0 aliphatic carbocycles. The smallest absolute Gasteiger partial charge is 0.335 e. The largest absolute Gasteiger partial charge is 0.478 e. The van der Waals surface area contributed by atoms with Crippen molar-refractivity contribution in [1.82, 2.24) is 9.97 Å². The summed E-state index contributed by atoms with van der Waals surface area (Å²) in [5, 5.41) is 12.0. The lowest BCUT2D eigenvalue weighted by atomic mass is 10.0. The number of fused-ring (bicyclic) bond motifs is 7. The number of benzene rings is 3. The number of nitrogens with zero attached hydrogens (tertiary/aromatic N) is 2. The highest BCUT2D eigenvalue weighted by atomic mass is 16.4. The predicted octanol–water partition coefficient (Wildman–Crippen LogP) is 4.38. The Balaban J connectivity index is 2.03. The van der Waals surface area contributed by atoms with Gasteiger partial charge in [-0.2, -0.15) is 0 Å². The first-order chi connectivity index (χ1) is 11.7. The Morgan fingerprint density at radius 1 is 0.875 bits per heavy atom. The van der Waals surface area contributed by atoms with Crippen molar-refractivity contribution in [2.24, 2.45) is 0 Å². The lowest BCUT2D eigenvalue weighted by molar-refractivity contribution is 0.0697. The molecule has 2 aromatic heterocycles. The third-order valence-electron chi connectivity index (χ3n) is 4.26. The summed E-state index contributed by atoms with van der Waals surface area (Å²) in [7, 11) is 0. The van der Waals surface area contributed by atoms with Gasteiger partial charge in [0, 0.05) is 16.2 Å². The number of aromatic carboxylic acids is 1. The Kier molecular flexibility index (Phi) is 2.45. The van der Waals surface area contributed by atoms with Crippen molar-refractivity contribution < 1.29 is 14.3 Å². The van der Waals surface area contributed by atoms with E-state index in [4.69, 9.17) is 9.40 Å². The van der Waals surface area contributed by atoms with Crippen LogP contribution in [0.3, 0.4) is 0 Å². The summed E-state index contributed by atoms with van der Waals surface area (Å²) in [6.45, 7) is 0. The predicted molar refractivity (Wildman–Crippen MR) is 91.3 cm³/mol. The van der Waals surface area contributed by atoms with Crippen LogP contribution < -0.4 is 0 Å². The summed E-state index contributed by atoms with van der Waals surface area (Å²) in [6.07, 6.45) is 1.64. The zero-order valence-corrected chi connectivity index (χ0v) is 12.4. The van der Waals surface area contributed by atoms with Crippen LogP contribution in [0.2, 0.25) is 0 Å². The van der Waals surface area contributed by atoms with Crippen molar-refractivity contribution in [3.8, 4) is 0 Å². The number of carbonyl (C=O) groups is 1. The first-order valence-corrected chi connectivity index (χ1v) is 7.45. The highest BCUT2D eigenvalue weighted by Crippen LogP contribution is 2.34. The second-order valence-electron chi connectivity index (χ2n) is 5.64. The number of hydrogen-bond donors (Lipinski definition) is 1. The Bertz CT molecular complexity index is 1290. The molecule has 0 amide bonds. The van der Waals surface area contributed by atoms with Gasteiger partial charge in [0.25, 0.3) is 0 Å². The Hall–Kier alpha value is -3.47. The molecule has 1 N–H and O–H groups in total. The average Bonchev–Trinajstić information content (AvgIpc) is 3.10. The fourth-order valence-corrected chi connectivity index (χ4v) is 3.15. The molecule has 0 aliphatic heterocycles. The van der Waals surface area contributed by atoms with Gasteiger partial charge in [0.15, 0.2) is 0 Å². The van der Waals surface area contributed by atoms with E-state index in [-0.39, 0.29) is 5.56 Å². The number of hydrogen-bond acceptors (Lipinski definition) is 4. The van der Waals surface area contributed by atoms with Crippen LogP contribution in [0.5, 0.6) is 0 Å². The quantitative estimate of drug-likeness (QED) is 0.367. The second kappa shape index (κ2) is 4.52. The van der Waals surface area contributed by atoms with Crippen molar-refractivity contribution in [3.63, 3.8) is 0 Å². The zero-order valence-electron chi connectivity index (χ0n) is 12.4. The molecule has 3 aromatic carbocycles. The third kappa shape index (κ3) is 1.66. The van der Waals surface area contributed by atoms with E-state index in [1.54, 1.807) is 24.5 Å². The Labute approximate surface area is 135 Å². The van der Waals surface area contributed by atoms with Gasteiger partial charge < -0.3 is 9.52 Å². The van der Waals surface area contributed by atoms with Gasteiger partial charge in [-0.05, 0) is 24.3 Å². The van der Waals surface area contributed by atoms with Gasteiger partial charge in [0.05, 0.1) is 28.4 Å². The molecule has 0 saturated carbocycles. The van der Waals surface area contributed by atoms with E-state index in [0.29, 0.717) is 16.6 Å². The molecule has 2 heterocycles. The van der Waals surface area contributed by atoms with Gasteiger partial charge in [-0.25, -0.2) is 14.8 Å². The van der Waals surface area contributed by atoms with E-state index >= 15 is 0 Å². The lowest BCUT2D eigenvalue weighted by Gasteiger charge is -2.07. The van der Waals surface area contributed by atoms with Crippen molar-refractivity contribution >= 4 is 49.8 Å². The molecule has 24 heavy (non-hydrogen) atoms. The minimum absolute atomic E-state index is 0.195. The molecule has 5 nitrogen and oxygen atoms in total. The van der Waals surface area contributed by atoms with Crippen LogP contribution in [0.4, 0.5) is 0 Å². The number of furan rings is 1. The molecule has 114 valence electrons. The summed E-state index contributed by atoms with van der Waals surface area (Å²) in [5.41, 5.74) is 3.68. The van der Waals surface area contributed by atoms with Crippen molar-refractivity contribution in [1.29, 1.82) is 0 Å². The van der Waals surface area contributed by atoms with E-state index in [0.717, 1.165) is 27.3 Å². The molecule has 0 atom stereocenters. The van der Waals surface area contributed by atoms with Gasteiger partial charge in [-0.1, -0.05) is 24.3 Å². The molecule has 0 bridgehead atoms. The van der Waals surface area contributed by atoms with Crippen molar-refractivity contribution in [2.75, 3.05) is 0 Å². The first kappa shape index (κ1) is 13.0. The van der Waals surface area contributed by atoms with Gasteiger partial charge >= 0.3 is 5.97 Å². The summed E-state index contributed by atoms with van der Waals surface area (Å²) >= 11 is 0. The number of rotatable bonds is 1. The maximum Gasteiger partial charge on any atom is 0.335 e. The number of carboxylic acids is 1.